The highest BCUT2D eigenvalue weighted by Gasteiger charge is 2.36. The van der Waals surface area contributed by atoms with Gasteiger partial charge in [0.25, 0.3) is 0 Å². The van der Waals surface area contributed by atoms with Crippen LogP contribution in [-0.4, -0.2) is 40.3 Å². The molecule has 26 heavy (non-hydrogen) atoms. The first-order valence-electron chi connectivity index (χ1n) is 8.91. The molecule has 1 atom stereocenters. The maximum atomic E-state index is 13.3. The van der Waals surface area contributed by atoms with Crippen molar-refractivity contribution in [2.45, 2.75) is 38.1 Å². The Morgan fingerprint density at radius 1 is 1.12 bits per heavy atom. The quantitative estimate of drug-likeness (QED) is 0.786. The molecule has 1 aliphatic carbocycles. The fraction of sp³-hybridized carbons (Fsp3) is 0.526. The molecule has 0 saturated heterocycles. The molecule has 1 aliphatic heterocycles. The second-order valence-corrected chi connectivity index (χ2v) is 8.74. The van der Waals surface area contributed by atoms with E-state index in [1.807, 2.05) is 0 Å². The molecule has 2 aliphatic rings. The van der Waals surface area contributed by atoms with Crippen LogP contribution >= 0.6 is 0 Å². The number of hydrogen-bond acceptors (Lipinski definition) is 5. The molecule has 1 heterocycles. The van der Waals surface area contributed by atoms with Gasteiger partial charge in [0.2, 0.25) is 5.91 Å². The number of hydrogen-bond donors (Lipinski definition) is 0. The molecule has 3 rings (SSSR count). The van der Waals surface area contributed by atoms with Crippen LogP contribution in [-0.2, 0) is 14.6 Å². The van der Waals surface area contributed by atoms with Crippen LogP contribution in [0.2, 0.25) is 0 Å². The van der Waals surface area contributed by atoms with E-state index < -0.39 is 15.9 Å². The van der Waals surface area contributed by atoms with Crippen molar-refractivity contribution in [3.8, 4) is 11.5 Å². The fourth-order valence-electron chi connectivity index (χ4n) is 3.71. The molecule has 1 fully saturated rings. The van der Waals surface area contributed by atoms with Gasteiger partial charge >= 0.3 is 0 Å². The summed E-state index contributed by atoms with van der Waals surface area (Å²) in [6, 6.07) is 4.71. The highest BCUT2D eigenvalue weighted by molar-refractivity contribution is 7.94. The third kappa shape index (κ3) is 3.87. The minimum atomic E-state index is -3.29. The number of nitrogens with zero attached hydrogens (tertiary/aromatic N) is 1. The summed E-state index contributed by atoms with van der Waals surface area (Å²) in [5.74, 6) is 0.907. The minimum Gasteiger partial charge on any atom is -0.497 e. The van der Waals surface area contributed by atoms with E-state index in [9.17, 15) is 13.2 Å². The fourth-order valence-corrected chi connectivity index (χ4v) is 4.98. The second-order valence-electron chi connectivity index (χ2n) is 6.81. The summed E-state index contributed by atoms with van der Waals surface area (Å²) in [4.78, 5) is 14.9. The number of rotatable bonds is 5. The number of ether oxygens (including phenoxy) is 2. The third-order valence-electron chi connectivity index (χ3n) is 5.08. The number of methoxy groups -OCH3 is 2. The summed E-state index contributed by atoms with van der Waals surface area (Å²) in [6.07, 6.45) is 6.49. The van der Waals surface area contributed by atoms with Crippen LogP contribution in [0.4, 0.5) is 5.69 Å². The molecule has 1 aromatic rings. The molecule has 1 amide bonds. The summed E-state index contributed by atoms with van der Waals surface area (Å²) in [7, 11) is -0.193. The first-order chi connectivity index (χ1) is 12.4. The van der Waals surface area contributed by atoms with Crippen LogP contribution in [0.25, 0.3) is 0 Å². The zero-order chi connectivity index (χ0) is 18.7. The van der Waals surface area contributed by atoms with Crippen LogP contribution in [0.1, 0.15) is 32.1 Å². The molecule has 0 unspecified atom stereocenters. The standard InChI is InChI=1S/C19H25NO5S/c1-24-16-8-9-17(18(12-16)25-2)20(15-10-11-26(22,23)13-15)19(21)14-6-4-3-5-7-14/h8-12,14-15H,3-7,13H2,1-2H3/t15-/m1/s1. The van der Waals surface area contributed by atoms with Crippen molar-refractivity contribution in [2.24, 2.45) is 5.92 Å². The van der Waals surface area contributed by atoms with Crippen LogP contribution in [0.5, 0.6) is 11.5 Å². The van der Waals surface area contributed by atoms with Crippen molar-refractivity contribution < 1.29 is 22.7 Å². The number of carbonyl (C=O) groups is 1. The first kappa shape index (κ1) is 18.8. The Labute approximate surface area is 154 Å². The van der Waals surface area contributed by atoms with Crippen LogP contribution in [0, 0.1) is 5.92 Å². The molecule has 0 aromatic heterocycles. The Hall–Kier alpha value is -2.02. The first-order valence-corrected chi connectivity index (χ1v) is 10.6. The number of sulfone groups is 1. The van der Waals surface area contributed by atoms with Crippen molar-refractivity contribution in [1.29, 1.82) is 0 Å². The van der Waals surface area contributed by atoms with E-state index in [0.29, 0.717) is 17.2 Å². The van der Waals surface area contributed by atoms with E-state index in [2.05, 4.69) is 0 Å². The van der Waals surface area contributed by atoms with E-state index in [1.165, 1.54) is 12.5 Å². The summed E-state index contributed by atoms with van der Waals surface area (Å²) < 4.78 is 34.6. The number of carbonyl (C=O) groups excluding carboxylic acids is 1. The monoisotopic (exact) mass is 379 g/mol. The lowest BCUT2D eigenvalue weighted by molar-refractivity contribution is -0.123. The minimum absolute atomic E-state index is 0.0279. The van der Waals surface area contributed by atoms with Crippen molar-refractivity contribution in [3.63, 3.8) is 0 Å². The average molecular weight is 379 g/mol. The van der Waals surface area contributed by atoms with Crippen LogP contribution < -0.4 is 14.4 Å². The zero-order valence-corrected chi connectivity index (χ0v) is 16.0. The Morgan fingerprint density at radius 2 is 1.85 bits per heavy atom. The van der Waals surface area contributed by atoms with Crippen LogP contribution in [0.3, 0.4) is 0 Å². The lowest BCUT2D eigenvalue weighted by atomic mass is 9.87. The molecule has 0 radical (unpaired) electrons. The summed E-state index contributed by atoms with van der Waals surface area (Å²) in [6.45, 7) is 0. The average Bonchev–Trinajstić information content (AvgIpc) is 3.02. The Balaban J connectivity index is 2.00. The zero-order valence-electron chi connectivity index (χ0n) is 15.2. The van der Waals surface area contributed by atoms with Gasteiger partial charge in [0.05, 0.1) is 31.7 Å². The molecule has 0 N–H and O–H groups in total. The van der Waals surface area contributed by atoms with Gasteiger partial charge in [-0.3, -0.25) is 4.79 Å². The largest absolute Gasteiger partial charge is 0.497 e. The predicted molar refractivity (Wildman–Crippen MR) is 100 cm³/mol. The van der Waals surface area contributed by atoms with Crippen molar-refractivity contribution in [1.82, 2.24) is 0 Å². The highest BCUT2D eigenvalue weighted by Crippen LogP contribution is 2.37. The van der Waals surface area contributed by atoms with Crippen molar-refractivity contribution >= 4 is 21.4 Å². The molecule has 7 heteroatoms. The summed E-state index contributed by atoms with van der Waals surface area (Å²) in [5, 5.41) is 1.20. The van der Waals surface area contributed by atoms with E-state index in [4.69, 9.17) is 9.47 Å². The van der Waals surface area contributed by atoms with Crippen LogP contribution in [0.15, 0.2) is 29.7 Å². The van der Waals surface area contributed by atoms with Gasteiger partial charge in [-0.05, 0) is 31.1 Å². The Morgan fingerprint density at radius 3 is 2.42 bits per heavy atom. The van der Waals surface area contributed by atoms with E-state index in [0.717, 1.165) is 32.1 Å². The highest BCUT2D eigenvalue weighted by atomic mass is 32.2. The SMILES string of the molecule is COc1ccc(N(C(=O)C2CCCCC2)[C@@H]2C=CS(=O)(=O)C2)c(OC)c1. The van der Waals surface area contributed by atoms with Gasteiger partial charge in [0.1, 0.15) is 11.5 Å². The Kier molecular flexibility index (Phi) is 5.55. The lowest BCUT2D eigenvalue weighted by Crippen LogP contribution is -2.45. The van der Waals surface area contributed by atoms with Gasteiger partial charge in [-0.2, -0.15) is 0 Å². The number of anilines is 1. The lowest BCUT2D eigenvalue weighted by Gasteiger charge is -2.33. The summed E-state index contributed by atoms with van der Waals surface area (Å²) in [5.41, 5.74) is 0.579. The molecule has 142 valence electrons. The maximum Gasteiger partial charge on any atom is 0.230 e. The normalized spacial score (nSPS) is 22.2. The van der Waals surface area contributed by atoms with Gasteiger partial charge in [-0.1, -0.05) is 19.3 Å². The van der Waals surface area contributed by atoms with Crippen molar-refractivity contribution in [3.05, 3.63) is 29.7 Å². The van der Waals surface area contributed by atoms with Gasteiger partial charge in [-0.25, -0.2) is 8.42 Å². The smallest absolute Gasteiger partial charge is 0.230 e. The third-order valence-corrected chi connectivity index (χ3v) is 6.46. The predicted octanol–water partition coefficient (Wildman–Crippen LogP) is 2.93. The topological polar surface area (TPSA) is 72.9 Å². The maximum absolute atomic E-state index is 13.3. The van der Waals surface area contributed by atoms with E-state index >= 15 is 0 Å². The van der Waals surface area contributed by atoms with Gasteiger partial charge < -0.3 is 14.4 Å². The summed E-state index contributed by atoms with van der Waals surface area (Å²) >= 11 is 0. The molecule has 1 aromatic carbocycles. The van der Waals surface area contributed by atoms with Crippen molar-refractivity contribution in [2.75, 3.05) is 24.9 Å². The van der Waals surface area contributed by atoms with Gasteiger partial charge in [0.15, 0.2) is 9.84 Å². The molecule has 1 saturated carbocycles. The van der Waals surface area contributed by atoms with Gasteiger partial charge in [-0.15, -0.1) is 0 Å². The van der Waals surface area contributed by atoms with Gasteiger partial charge in [0, 0.05) is 17.4 Å². The Bertz CT molecular complexity index is 796. The molecule has 0 bridgehead atoms. The number of amides is 1. The molecule has 0 spiro atoms. The van der Waals surface area contributed by atoms with E-state index in [1.54, 1.807) is 36.3 Å². The number of benzene rings is 1. The molecular formula is C19H25NO5S. The molecular weight excluding hydrogens is 354 g/mol. The molecule has 6 nitrogen and oxygen atoms in total. The second kappa shape index (κ2) is 7.70. The van der Waals surface area contributed by atoms with E-state index in [-0.39, 0.29) is 17.6 Å².